The zero-order valence-electron chi connectivity index (χ0n) is 19.5. The van der Waals surface area contributed by atoms with E-state index >= 15 is 0 Å². The normalized spacial score (nSPS) is 14.8. The quantitative estimate of drug-likeness (QED) is 0.386. The summed E-state index contributed by atoms with van der Waals surface area (Å²) in [7, 11) is -3.90. The number of carbonyl (C=O) groups excluding carboxylic acids is 1. The molecule has 0 saturated heterocycles. The number of sulfonamides is 1. The maximum atomic E-state index is 13.9. The topological polar surface area (TPSA) is 92.3 Å². The van der Waals surface area contributed by atoms with Gasteiger partial charge in [-0.3, -0.25) is 4.79 Å². The van der Waals surface area contributed by atoms with Crippen molar-refractivity contribution in [2.45, 2.75) is 30.3 Å². The van der Waals surface area contributed by atoms with E-state index < -0.39 is 33.6 Å². The third-order valence-electron chi connectivity index (χ3n) is 6.21. The minimum Gasteiger partial charge on any atom is -0.304 e. The van der Waals surface area contributed by atoms with Gasteiger partial charge in [0.25, 0.3) is 5.91 Å². The molecule has 7 nitrogen and oxygen atoms in total. The van der Waals surface area contributed by atoms with E-state index in [4.69, 9.17) is 0 Å². The highest BCUT2D eigenvalue weighted by molar-refractivity contribution is 7.89. The number of benzene rings is 3. The maximum Gasteiger partial charge on any atom is 0.258 e. The molecule has 37 heavy (non-hydrogen) atoms. The summed E-state index contributed by atoms with van der Waals surface area (Å²) in [6.07, 6.45) is 5.74. The average Bonchev–Trinajstić information content (AvgIpc) is 3.29. The zero-order valence-corrected chi connectivity index (χ0v) is 20.3. The van der Waals surface area contributed by atoms with Gasteiger partial charge >= 0.3 is 0 Å². The Hall–Kier alpha value is -4.02. The van der Waals surface area contributed by atoms with Crippen LogP contribution in [0.5, 0.6) is 0 Å². The monoisotopic (exact) mass is 520 g/mol. The Morgan fingerprint density at radius 2 is 1.73 bits per heavy atom. The average molecular weight is 521 g/mol. The summed E-state index contributed by atoms with van der Waals surface area (Å²) in [5.41, 5.74) is 3.05. The van der Waals surface area contributed by atoms with Crippen LogP contribution in [0.3, 0.4) is 0 Å². The number of hydrogen-bond acceptors (Lipinski definition) is 5. The van der Waals surface area contributed by atoms with Crippen LogP contribution in [-0.2, 0) is 23.0 Å². The highest BCUT2D eigenvalue weighted by atomic mass is 32.2. The number of fused-ring (bicyclic) bond motifs is 1. The Bertz CT molecular complexity index is 1550. The van der Waals surface area contributed by atoms with Crippen molar-refractivity contribution in [3.05, 3.63) is 119 Å². The Morgan fingerprint density at radius 3 is 2.46 bits per heavy atom. The summed E-state index contributed by atoms with van der Waals surface area (Å²) < 4.78 is 55.8. The lowest BCUT2D eigenvalue weighted by Gasteiger charge is -2.24. The molecule has 4 aromatic rings. The van der Waals surface area contributed by atoms with Gasteiger partial charge in [-0.15, -0.1) is 0 Å². The van der Waals surface area contributed by atoms with E-state index in [1.54, 1.807) is 24.5 Å². The van der Waals surface area contributed by atoms with Crippen LogP contribution in [0.4, 0.5) is 14.5 Å². The molecule has 0 spiro atoms. The third kappa shape index (κ3) is 5.40. The van der Waals surface area contributed by atoms with Crippen molar-refractivity contribution < 1.29 is 22.0 Å². The van der Waals surface area contributed by atoms with Crippen LogP contribution in [0.2, 0.25) is 0 Å². The number of nitrogens with one attached hydrogen (secondary N) is 1. The summed E-state index contributed by atoms with van der Waals surface area (Å²) in [6, 6.07) is 15.0. The molecule has 1 aliphatic rings. The lowest BCUT2D eigenvalue weighted by atomic mass is 10.1. The minimum atomic E-state index is -3.90. The molecular formula is C27H22F2N4O3S. The fourth-order valence-corrected chi connectivity index (χ4v) is 5.65. The lowest BCUT2D eigenvalue weighted by molar-refractivity contribution is 0.0984. The van der Waals surface area contributed by atoms with Gasteiger partial charge in [-0.2, -0.15) is 0 Å². The van der Waals surface area contributed by atoms with Crippen molar-refractivity contribution in [1.82, 2.24) is 14.7 Å². The predicted octanol–water partition coefficient (Wildman–Crippen LogP) is 4.57. The molecule has 1 N–H and O–H groups in total. The Balaban J connectivity index is 1.49. The number of halogens is 2. The van der Waals surface area contributed by atoms with E-state index in [0.717, 1.165) is 23.3 Å². The second kappa shape index (κ2) is 10.2. The molecule has 0 radical (unpaired) electrons. The zero-order chi connectivity index (χ0) is 26.0. The Morgan fingerprint density at radius 1 is 0.973 bits per heavy atom. The van der Waals surface area contributed by atoms with Gasteiger partial charge in [0, 0.05) is 35.2 Å². The number of nitrogens with zero attached hydrogens (tertiary/aromatic N) is 3. The molecule has 0 bridgehead atoms. The summed E-state index contributed by atoms with van der Waals surface area (Å²) >= 11 is 0. The molecule has 0 fully saturated rings. The number of carbonyl (C=O) groups is 1. The first-order valence-corrected chi connectivity index (χ1v) is 13.0. The van der Waals surface area contributed by atoms with Gasteiger partial charge in [0.15, 0.2) is 0 Å². The van der Waals surface area contributed by atoms with Crippen LogP contribution >= 0.6 is 0 Å². The maximum absolute atomic E-state index is 13.9. The van der Waals surface area contributed by atoms with Gasteiger partial charge in [-0.05, 0) is 78.6 Å². The number of anilines is 1. The third-order valence-corrected chi connectivity index (χ3v) is 7.70. The molecule has 0 saturated carbocycles. The van der Waals surface area contributed by atoms with Gasteiger partial charge in [-0.25, -0.2) is 31.9 Å². The molecule has 3 aromatic carbocycles. The van der Waals surface area contributed by atoms with Gasteiger partial charge in [-0.1, -0.05) is 12.1 Å². The van der Waals surface area contributed by atoms with Crippen molar-refractivity contribution in [3.8, 4) is 0 Å². The van der Waals surface area contributed by atoms with E-state index in [2.05, 4.69) is 14.7 Å². The molecule has 1 unspecified atom stereocenters. The number of aromatic nitrogens is 2. The first-order valence-electron chi connectivity index (χ1n) is 11.5. The molecule has 1 aliphatic carbocycles. The van der Waals surface area contributed by atoms with Crippen LogP contribution in [0, 0.1) is 11.6 Å². The van der Waals surface area contributed by atoms with Crippen LogP contribution in [0.25, 0.3) is 0 Å². The highest BCUT2D eigenvalue weighted by Crippen LogP contribution is 2.36. The Labute approximate surface area is 212 Å². The van der Waals surface area contributed by atoms with Crippen molar-refractivity contribution in [2.24, 2.45) is 0 Å². The van der Waals surface area contributed by atoms with Crippen molar-refractivity contribution in [2.75, 3.05) is 4.90 Å². The van der Waals surface area contributed by atoms with Gasteiger partial charge in [0.05, 0.1) is 11.4 Å². The molecule has 188 valence electrons. The van der Waals surface area contributed by atoms with Crippen molar-refractivity contribution in [1.29, 1.82) is 0 Å². The van der Waals surface area contributed by atoms with E-state index in [1.807, 2.05) is 6.07 Å². The smallest absolute Gasteiger partial charge is 0.258 e. The Kier molecular flexibility index (Phi) is 6.77. The second-order valence-electron chi connectivity index (χ2n) is 8.70. The fourth-order valence-electron chi connectivity index (χ4n) is 4.40. The summed E-state index contributed by atoms with van der Waals surface area (Å²) in [5, 5.41) is 0. The largest absolute Gasteiger partial charge is 0.304 e. The minimum absolute atomic E-state index is 0.0366. The number of hydrogen-bond donors (Lipinski definition) is 1. The van der Waals surface area contributed by atoms with Crippen LogP contribution in [-0.4, -0.2) is 24.3 Å². The van der Waals surface area contributed by atoms with E-state index in [1.165, 1.54) is 47.6 Å². The molecule has 1 aromatic heterocycles. The standard InChI is InChI=1S/C27H22F2N4O3S/c28-21-6-9-24(10-7-21)37(35,36)32-26-11-5-19-4-8-23(13-25(19)26)33(16-18-14-30-17-31-15-18)27(34)20-2-1-3-22(29)12-20/h1-4,6-10,12-15,17,26,32H,5,11,16H2. The lowest BCUT2D eigenvalue weighted by Crippen LogP contribution is -2.31. The predicted molar refractivity (Wildman–Crippen MR) is 133 cm³/mol. The fraction of sp³-hybridized carbons (Fsp3) is 0.148. The summed E-state index contributed by atoms with van der Waals surface area (Å²) in [4.78, 5) is 23.0. The molecule has 1 amide bonds. The summed E-state index contributed by atoms with van der Waals surface area (Å²) in [6.45, 7) is 0.126. The molecule has 1 heterocycles. The highest BCUT2D eigenvalue weighted by Gasteiger charge is 2.29. The van der Waals surface area contributed by atoms with Gasteiger partial charge < -0.3 is 4.90 Å². The number of aryl methyl sites for hydroxylation is 1. The molecule has 1 atom stereocenters. The van der Waals surface area contributed by atoms with Crippen LogP contribution < -0.4 is 9.62 Å². The molecule has 5 rings (SSSR count). The van der Waals surface area contributed by atoms with E-state index in [-0.39, 0.29) is 17.0 Å². The summed E-state index contributed by atoms with van der Waals surface area (Å²) in [5.74, 6) is -1.48. The van der Waals surface area contributed by atoms with Crippen molar-refractivity contribution in [3.63, 3.8) is 0 Å². The van der Waals surface area contributed by atoms with Crippen LogP contribution in [0.1, 0.15) is 39.5 Å². The molecular weight excluding hydrogens is 498 g/mol. The number of rotatable bonds is 7. The van der Waals surface area contributed by atoms with Crippen molar-refractivity contribution >= 4 is 21.6 Å². The van der Waals surface area contributed by atoms with Crippen LogP contribution in [0.15, 0.2) is 90.3 Å². The first-order chi connectivity index (χ1) is 17.8. The van der Waals surface area contributed by atoms with Gasteiger partial charge in [0.1, 0.15) is 18.0 Å². The van der Waals surface area contributed by atoms with E-state index in [0.29, 0.717) is 24.1 Å². The second-order valence-corrected chi connectivity index (χ2v) is 10.4. The molecule has 0 aliphatic heterocycles. The van der Waals surface area contributed by atoms with E-state index in [9.17, 15) is 22.0 Å². The first kappa shape index (κ1) is 24.7. The molecule has 10 heteroatoms. The van der Waals surface area contributed by atoms with Gasteiger partial charge in [0.2, 0.25) is 10.0 Å². The number of amides is 1. The SMILES string of the molecule is O=C(c1cccc(F)c1)N(Cc1cncnc1)c1ccc2c(c1)C(NS(=O)(=O)c1ccc(F)cc1)CC2.